The van der Waals surface area contributed by atoms with Crippen LogP contribution in [-0.2, 0) is 19.1 Å². The number of aliphatic carboxylic acids is 1. The number of carboxylic acid groups (broad SMARTS) is 1. The molecular formula is C10H18O5. The molecule has 0 saturated heterocycles. The van der Waals surface area contributed by atoms with E-state index in [1.165, 1.54) is 0 Å². The van der Waals surface area contributed by atoms with E-state index in [9.17, 15) is 9.59 Å². The van der Waals surface area contributed by atoms with E-state index in [1.807, 2.05) is 6.92 Å². The van der Waals surface area contributed by atoms with E-state index in [4.69, 9.17) is 14.6 Å². The van der Waals surface area contributed by atoms with Crippen LogP contribution in [0.15, 0.2) is 0 Å². The zero-order valence-electron chi connectivity index (χ0n) is 9.19. The molecule has 0 bridgehead atoms. The number of ether oxygens (including phenoxy) is 2. The summed E-state index contributed by atoms with van der Waals surface area (Å²) in [5.74, 6) is -1.27. The van der Waals surface area contributed by atoms with Gasteiger partial charge in [0.1, 0.15) is 6.61 Å². The van der Waals surface area contributed by atoms with E-state index < -0.39 is 5.97 Å². The summed E-state index contributed by atoms with van der Waals surface area (Å²) in [4.78, 5) is 21.3. The highest BCUT2D eigenvalue weighted by molar-refractivity contribution is 5.71. The first-order valence-electron chi connectivity index (χ1n) is 5.00. The summed E-state index contributed by atoms with van der Waals surface area (Å²) < 4.78 is 9.93. The number of methoxy groups -OCH3 is 1. The number of esters is 1. The molecule has 0 aliphatic carbocycles. The molecule has 0 aliphatic heterocycles. The predicted molar refractivity (Wildman–Crippen MR) is 53.5 cm³/mol. The van der Waals surface area contributed by atoms with E-state index in [-0.39, 0.29) is 31.5 Å². The van der Waals surface area contributed by atoms with Gasteiger partial charge in [-0.05, 0) is 12.8 Å². The third-order valence-electron chi connectivity index (χ3n) is 1.99. The SMILES string of the molecule is CCC(COC(=O)CCCC(=O)O)OC. The van der Waals surface area contributed by atoms with Gasteiger partial charge in [0.15, 0.2) is 0 Å². The highest BCUT2D eigenvalue weighted by Crippen LogP contribution is 2.01. The van der Waals surface area contributed by atoms with Crippen LogP contribution in [0.1, 0.15) is 32.6 Å². The van der Waals surface area contributed by atoms with Crippen molar-refractivity contribution in [3.05, 3.63) is 0 Å². The van der Waals surface area contributed by atoms with Gasteiger partial charge in [-0.3, -0.25) is 9.59 Å². The lowest BCUT2D eigenvalue weighted by molar-refractivity contribution is -0.147. The molecule has 0 aromatic carbocycles. The second kappa shape index (κ2) is 8.23. The van der Waals surface area contributed by atoms with Gasteiger partial charge in [0.2, 0.25) is 0 Å². The maximum absolute atomic E-state index is 11.1. The second-order valence-electron chi connectivity index (χ2n) is 3.20. The Morgan fingerprint density at radius 2 is 2.00 bits per heavy atom. The Balaban J connectivity index is 3.52. The average Bonchev–Trinajstić information content (AvgIpc) is 2.18. The van der Waals surface area contributed by atoms with Gasteiger partial charge in [-0.2, -0.15) is 0 Å². The molecule has 0 saturated carbocycles. The van der Waals surface area contributed by atoms with Gasteiger partial charge in [-0.25, -0.2) is 0 Å². The molecule has 0 spiro atoms. The molecule has 1 N–H and O–H groups in total. The van der Waals surface area contributed by atoms with Crippen LogP contribution < -0.4 is 0 Å². The molecular weight excluding hydrogens is 200 g/mol. The van der Waals surface area contributed by atoms with Crippen LogP contribution >= 0.6 is 0 Å². The number of carbonyl (C=O) groups excluding carboxylic acids is 1. The summed E-state index contributed by atoms with van der Waals surface area (Å²) in [6, 6.07) is 0. The van der Waals surface area contributed by atoms with Crippen LogP contribution in [-0.4, -0.2) is 36.9 Å². The first-order chi connectivity index (χ1) is 7.10. The normalized spacial score (nSPS) is 12.1. The van der Waals surface area contributed by atoms with Crippen LogP contribution in [0.4, 0.5) is 0 Å². The van der Waals surface area contributed by atoms with Gasteiger partial charge in [-0.15, -0.1) is 0 Å². The predicted octanol–water partition coefficient (Wildman–Crippen LogP) is 1.21. The van der Waals surface area contributed by atoms with Crippen molar-refractivity contribution in [2.75, 3.05) is 13.7 Å². The van der Waals surface area contributed by atoms with Crippen molar-refractivity contribution in [1.29, 1.82) is 0 Å². The number of rotatable bonds is 8. The third-order valence-corrected chi connectivity index (χ3v) is 1.99. The summed E-state index contributed by atoms with van der Waals surface area (Å²) in [6.45, 7) is 2.17. The Kier molecular flexibility index (Phi) is 7.62. The molecule has 5 heteroatoms. The maximum atomic E-state index is 11.1. The van der Waals surface area contributed by atoms with Gasteiger partial charge in [0.25, 0.3) is 0 Å². The summed E-state index contributed by atoms with van der Waals surface area (Å²) >= 11 is 0. The van der Waals surface area contributed by atoms with Crippen LogP contribution in [0.5, 0.6) is 0 Å². The molecule has 0 heterocycles. The van der Waals surface area contributed by atoms with E-state index in [1.54, 1.807) is 7.11 Å². The molecule has 0 radical (unpaired) electrons. The van der Waals surface area contributed by atoms with Crippen LogP contribution in [0.3, 0.4) is 0 Å². The Hall–Kier alpha value is -1.10. The van der Waals surface area contributed by atoms with E-state index >= 15 is 0 Å². The fraction of sp³-hybridized carbons (Fsp3) is 0.800. The Labute approximate surface area is 89.4 Å². The molecule has 0 fully saturated rings. The zero-order valence-corrected chi connectivity index (χ0v) is 9.19. The zero-order chi connectivity index (χ0) is 11.7. The molecule has 0 aromatic heterocycles. The summed E-state index contributed by atoms with van der Waals surface area (Å²) in [5, 5.41) is 8.35. The molecule has 0 aromatic rings. The van der Waals surface area contributed by atoms with Crippen molar-refractivity contribution in [2.45, 2.75) is 38.7 Å². The first-order valence-corrected chi connectivity index (χ1v) is 5.00. The molecule has 88 valence electrons. The van der Waals surface area contributed by atoms with Crippen LogP contribution in [0, 0.1) is 0 Å². The van der Waals surface area contributed by atoms with Crippen molar-refractivity contribution in [3.8, 4) is 0 Å². The van der Waals surface area contributed by atoms with E-state index in [0.29, 0.717) is 6.42 Å². The minimum absolute atomic E-state index is 0.00339. The van der Waals surface area contributed by atoms with Gasteiger partial charge in [0, 0.05) is 20.0 Å². The molecule has 1 unspecified atom stereocenters. The Morgan fingerprint density at radius 1 is 1.33 bits per heavy atom. The van der Waals surface area contributed by atoms with Crippen LogP contribution in [0.2, 0.25) is 0 Å². The topological polar surface area (TPSA) is 72.8 Å². The minimum Gasteiger partial charge on any atom is -0.481 e. The number of carboxylic acids is 1. The fourth-order valence-corrected chi connectivity index (χ4v) is 0.995. The van der Waals surface area contributed by atoms with Crippen molar-refractivity contribution in [3.63, 3.8) is 0 Å². The third kappa shape index (κ3) is 7.93. The molecule has 1 atom stereocenters. The van der Waals surface area contributed by atoms with E-state index in [0.717, 1.165) is 6.42 Å². The number of carbonyl (C=O) groups is 2. The first kappa shape index (κ1) is 13.9. The highest BCUT2D eigenvalue weighted by Gasteiger charge is 2.09. The largest absolute Gasteiger partial charge is 0.481 e. The molecule has 0 aliphatic rings. The van der Waals surface area contributed by atoms with Gasteiger partial charge in [0.05, 0.1) is 6.10 Å². The minimum atomic E-state index is -0.897. The lowest BCUT2D eigenvalue weighted by Crippen LogP contribution is -2.20. The van der Waals surface area contributed by atoms with E-state index in [2.05, 4.69) is 0 Å². The van der Waals surface area contributed by atoms with Gasteiger partial charge >= 0.3 is 11.9 Å². The number of hydrogen-bond acceptors (Lipinski definition) is 4. The Bertz CT molecular complexity index is 198. The standard InChI is InChI=1S/C10H18O5/c1-3-8(14-2)7-15-10(13)6-4-5-9(11)12/h8H,3-7H2,1-2H3,(H,11,12). The smallest absolute Gasteiger partial charge is 0.305 e. The van der Waals surface area contributed by atoms with Crippen molar-refractivity contribution in [1.82, 2.24) is 0 Å². The van der Waals surface area contributed by atoms with Crippen molar-refractivity contribution >= 4 is 11.9 Å². The highest BCUT2D eigenvalue weighted by atomic mass is 16.6. The van der Waals surface area contributed by atoms with Gasteiger partial charge < -0.3 is 14.6 Å². The van der Waals surface area contributed by atoms with Crippen molar-refractivity contribution < 1.29 is 24.2 Å². The molecule has 0 rings (SSSR count). The van der Waals surface area contributed by atoms with Crippen molar-refractivity contribution in [2.24, 2.45) is 0 Å². The summed E-state index contributed by atoms with van der Waals surface area (Å²) in [7, 11) is 1.56. The van der Waals surface area contributed by atoms with Crippen LogP contribution in [0.25, 0.3) is 0 Å². The Morgan fingerprint density at radius 3 is 2.47 bits per heavy atom. The lowest BCUT2D eigenvalue weighted by Gasteiger charge is -2.12. The lowest BCUT2D eigenvalue weighted by atomic mass is 10.2. The van der Waals surface area contributed by atoms with Gasteiger partial charge in [-0.1, -0.05) is 6.92 Å². The second-order valence-corrected chi connectivity index (χ2v) is 3.20. The molecule has 15 heavy (non-hydrogen) atoms. The quantitative estimate of drug-likeness (QED) is 0.620. The monoisotopic (exact) mass is 218 g/mol. The summed E-state index contributed by atoms with van der Waals surface area (Å²) in [6.07, 6.45) is 1.16. The molecule has 0 amide bonds. The fourth-order valence-electron chi connectivity index (χ4n) is 0.995. The maximum Gasteiger partial charge on any atom is 0.305 e. The average molecular weight is 218 g/mol. The summed E-state index contributed by atoms with van der Waals surface area (Å²) in [5.41, 5.74) is 0. The number of hydrogen-bond donors (Lipinski definition) is 1. The molecule has 5 nitrogen and oxygen atoms in total.